The van der Waals surface area contributed by atoms with Crippen LogP contribution in [0.3, 0.4) is 0 Å². The normalized spacial score (nSPS) is 10.3. The number of esters is 1. The van der Waals surface area contributed by atoms with E-state index in [0.717, 1.165) is 29.5 Å². The molecule has 2 rings (SSSR count). The lowest BCUT2D eigenvalue weighted by Gasteiger charge is -2.06. The summed E-state index contributed by atoms with van der Waals surface area (Å²) in [7, 11) is 0. The quantitative estimate of drug-likeness (QED) is 0.875. The molecule has 4 nitrogen and oxygen atoms in total. The third kappa shape index (κ3) is 3.25. The summed E-state index contributed by atoms with van der Waals surface area (Å²) in [6, 6.07) is 3.01. The van der Waals surface area contributed by atoms with Crippen molar-refractivity contribution in [3.8, 4) is 0 Å². The monoisotopic (exact) mass is 284 g/mol. The number of rotatable bonds is 4. The fourth-order valence-corrected chi connectivity index (χ4v) is 2.12. The molecule has 100 valence electrons. The number of hydrogen-bond acceptors (Lipinski definition) is 5. The van der Waals surface area contributed by atoms with Crippen molar-refractivity contribution in [2.24, 2.45) is 0 Å². The molecule has 19 heavy (non-hydrogen) atoms. The maximum Gasteiger partial charge on any atom is 0.360 e. The molecular weight excluding hydrogens is 274 g/mol. The minimum Gasteiger partial charge on any atom is -0.461 e. The first kappa shape index (κ1) is 13.4. The number of halogens is 2. The van der Waals surface area contributed by atoms with Crippen LogP contribution in [0, 0.1) is 11.6 Å². The molecule has 0 aliphatic carbocycles. The molecule has 1 aromatic heterocycles. The molecule has 0 amide bonds. The van der Waals surface area contributed by atoms with Crippen molar-refractivity contribution in [2.45, 2.75) is 6.92 Å². The Morgan fingerprint density at radius 1 is 1.37 bits per heavy atom. The summed E-state index contributed by atoms with van der Waals surface area (Å²) in [5.41, 5.74) is 1.74. The minimum absolute atomic E-state index is 0.0940. The Morgan fingerprint density at radius 3 is 2.68 bits per heavy atom. The van der Waals surface area contributed by atoms with Crippen LogP contribution in [-0.2, 0) is 4.74 Å². The van der Waals surface area contributed by atoms with E-state index < -0.39 is 17.6 Å². The molecule has 7 heteroatoms. The van der Waals surface area contributed by atoms with Crippen LogP contribution in [0.1, 0.15) is 17.4 Å². The first-order valence-electron chi connectivity index (χ1n) is 5.44. The van der Waals surface area contributed by atoms with E-state index >= 15 is 0 Å². The van der Waals surface area contributed by atoms with Gasteiger partial charge in [0, 0.05) is 11.8 Å². The van der Waals surface area contributed by atoms with Crippen LogP contribution >= 0.6 is 11.3 Å². The van der Waals surface area contributed by atoms with E-state index in [1.165, 1.54) is 5.51 Å². The van der Waals surface area contributed by atoms with Gasteiger partial charge in [0.15, 0.2) is 5.69 Å². The Kier molecular flexibility index (Phi) is 4.06. The molecule has 1 heterocycles. The first-order valence-corrected chi connectivity index (χ1v) is 6.32. The number of benzene rings is 1. The summed E-state index contributed by atoms with van der Waals surface area (Å²) in [5, 5.41) is 3.13. The first-order chi connectivity index (χ1) is 9.10. The van der Waals surface area contributed by atoms with Crippen molar-refractivity contribution >= 4 is 28.0 Å². The van der Waals surface area contributed by atoms with Crippen LogP contribution in [0.5, 0.6) is 0 Å². The van der Waals surface area contributed by atoms with Crippen molar-refractivity contribution in [3.63, 3.8) is 0 Å². The standard InChI is InChI=1S/C12H10F2N2O2S/c1-2-18-12(17)10-11(19-6-15-10)16-9-4-7(13)3-8(14)5-9/h3-6,16H,2H2,1H3. The zero-order chi connectivity index (χ0) is 13.8. The molecule has 2 aromatic rings. The molecule has 0 spiro atoms. The van der Waals surface area contributed by atoms with Gasteiger partial charge in [-0.05, 0) is 19.1 Å². The lowest BCUT2D eigenvalue weighted by atomic mass is 10.3. The number of nitrogens with zero attached hydrogens (tertiary/aromatic N) is 1. The number of aromatic nitrogens is 1. The van der Waals surface area contributed by atoms with E-state index in [1.807, 2.05) is 0 Å². The van der Waals surface area contributed by atoms with Crippen molar-refractivity contribution < 1.29 is 18.3 Å². The second kappa shape index (κ2) is 5.75. The highest BCUT2D eigenvalue weighted by atomic mass is 32.1. The highest BCUT2D eigenvalue weighted by molar-refractivity contribution is 7.14. The maximum absolute atomic E-state index is 13.1. The van der Waals surface area contributed by atoms with Crippen LogP contribution in [0.15, 0.2) is 23.7 Å². The second-order valence-corrected chi connectivity index (χ2v) is 4.39. The van der Waals surface area contributed by atoms with Crippen LogP contribution in [0.25, 0.3) is 0 Å². The predicted octanol–water partition coefficient (Wildman–Crippen LogP) is 3.34. The molecule has 0 unspecified atom stereocenters. The Hall–Kier alpha value is -2.02. The van der Waals surface area contributed by atoms with Crippen LogP contribution < -0.4 is 5.32 Å². The van der Waals surface area contributed by atoms with Gasteiger partial charge < -0.3 is 10.1 Å². The van der Waals surface area contributed by atoms with Gasteiger partial charge in [-0.2, -0.15) is 0 Å². The molecule has 0 saturated heterocycles. The van der Waals surface area contributed by atoms with Crippen LogP contribution in [0.4, 0.5) is 19.5 Å². The molecular formula is C12H10F2N2O2S. The average Bonchev–Trinajstić information content (AvgIpc) is 2.76. The molecule has 1 N–H and O–H groups in total. The number of thiazole rings is 1. The van der Waals surface area contributed by atoms with Gasteiger partial charge in [-0.25, -0.2) is 18.6 Å². The van der Waals surface area contributed by atoms with E-state index in [2.05, 4.69) is 10.3 Å². The third-order valence-electron chi connectivity index (χ3n) is 2.16. The number of carbonyl (C=O) groups excluding carboxylic acids is 1. The lowest BCUT2D eigenvalue weighted by molar-refractivity contribution is 0.0521. The topological polar surface area (TPSA) is 51.2 Å². The van der Waals surface area contributed by atoms with Crippen molar-refractivity contribution in [3.05, 3.63) is 41.0 Å². The van der Waals surface area contributed by atoms with Gasteiger partial charge in [0.1, 0.15) is 16.6 Å². The summed E-state index contributed by atoms with van der Waals surface area (Å²) < 4.78 is 30.9. The van der Waals surface area contributed by atoms with Gasteiger partial charge in [-0.1, -0.05) is 0 Å². The van der Waals surface area contributed by atoms with E-state index in [4.69, 9.17) is 4.74 Å². The van der Waals surface area contributed by atoms with Crippen LogP contribution in [0.2, 0.25) is 0 Å². The zero-order valence-corrected chi connectivity index (χ0v) is 10.8. The van der Waals surface area contributed by atoms with E-state index in [-0.39, 0.29) is 18.0 Å². The van der Waals surface area contributed by atoms with E-state index in [0.29, 0.717) is 5.00 Å². The Labute approximate surface area is 112 Å². The number of nitrogens with one attached hydrogen (secondary N) is 1. The van der Waals surface area contributed by atoms with Gasteiger partial charge >= 0.3 is 5.97 Å². The number of hydrogen-bond donors (Lipinski definition) is 1. The Balaban J connectivity index is 2.24. The predicted molar refractivity (Wildman–Crippen MR) is 67.7 cm³/mol. The molecule has 0 radical (unpaired) electrons. The number of carbonyl (C=O) groups is 1. The number of anilines is 2. The van der Waals surface area contributed by atoms with Gasteiger partial charge in [-0.3, -0.25) is 0 Å². The maximum atomic E-state index is 13.1. The molecule has 0 saturated carbocycles. The minimum atomic E-state index is -0.704. The third-order valence-corrected chi connectivity index (χ3v) is 2.90. The molecule has 0 aliphatic rings. The fourth-order valence-electron chi connectivity index (χ4n) is 1.44. The fraction of sp³-hybridized carbons (Fsp3) is 0.167. The van der Waals surface area contributed by atoms with Gasteiger partial charge in [0.25, 0.3) is 0 Å². The summed E-state index contributed by atoms with van der Waals surface area (Å²) in [5.74, 6) is -1.99. The largest absolute Gasteiger partial charge is 0.461 e. The van der Waals surface area contributed by atoms with Gasteiger partial charge in [0.2, 0.25) is 0 Å². The summed E-state index contributed by atoms with van der Waals surface area (Å²) >= 11 is 1.14. The molecule has 0 aliphatic heterocycles. The van der Waals surface area contributed by atoms with Crippen molar-refractivity contribution in [1.82, 2.24) is 4.98 Å². The SMILES string of the molecule is CCOC(=O)c1ncsc1Nc1cc(F)cc(F)c1. The molecule has 0 fully saturated rings. The Bertz CT molecular complexity index is 581. The lowest BCUT2D eigenvalue weighted by Crippen LogP contribution is -2.07. The smallest absolute Gasteiger partial charge is 0.360 e. The average molecular weight is 284 g/mol. The van der Waals surface area contributed by atoms with Crippen LogP contribution in [-0.4, -0.2) is 17.6 Å². The second-order valence-electron chi connectivity index (χ2n) is 3.53. The molecule has 0 atom stereocenters. The molecule has 1 aromatic carbocycles. The highest BCUT2D eigenvalue weighted by Gasteiger charge is 2.16. The molecule has 0 bridgehead atoms. The summed E-state index contributed by atoms with van der Waals surface area (Å²) in [6.07, 6.45) is 0. The van der Waals surface area contributed by atoms with Gasteiger partial charge in [-0.15, -0.1) is 11.3 Å². The van der Waals surface area contributed by atoms with Crippen molar-refractivity contribution in [2.75, 3.05) is 11.9 Å². The highest BCUT2D eigenvalue weighted by Crippen LogP contribution is 2.26. The zero-order valence-electron chi connectivity index (χ0n) is 9.94. The van der Waals surface area contributed by atoms with Gasteiger partial charge in [0.05, 0.1) is 12.1 Å². The Morgan fingerprint density at radius 2 is 2.05 bits per heavy atom. The van der Waals surface area contributed by atoms with E-state index in [9.17, 15) is 13.6 Å². The summed E-state index contributed by atoms with van der Waals surface area (Å²) in [4.78, 5) is 15.5. The summed E-state index contributed by atoms with van der Waals surface area (Å²) in [6.45, 7) is 1.91. The number of ether oxygens (including phenoxy) is 1. The van der Waals surface area contributed by atoms with Crippen molar-refractivity contribution in [1.29, 1.82) is 0 Å². The van der Waals surface area contributed by atoms with E-state index in [1.54, 1.807) is 6.92 Å².